The lowest BCUT2D eigenvalue weighted by Crippen LogP contribution is -2.05. The first-order valence-corrected chi connectivity index (χ1v) is 3.34. The highest BCUT2D eigenvalue weighted by Gasteiger charge is 2.01. The number of aliphatic hydroxyl groups is 1. The van der Waals surface area contributed by atoms with E-state index in [4.69, 9.17) is 5.11 Å². The number of hydrogen-bond donors (Lipinski definition) is 1. The molecule has 0 aliphatic rings. The minimum atomic E-state index is -0.120. The summed E-state index contributed by atoms with van der Waals surface area (Å²) in [6, 6.07) is 0. The molecule has 0 aromatic heterocycles. The van der Waals surface area contributed by atoms with Gasteiger partial charge in [-0.15, -0.1) is 0 Å². The largest absolute Gasteiger partial charge is 0.393 e. The van der Waals surface area contributed by atoms with Gasteiger partial charge in [-0.1, -0.05) is 20.3 Å². The van der Waals surface area contributed by atoms with E-state index in [2.05, 4.69) is 13.8 Å². The van der Waals surface area contributed by atoms with Crippen molar-refractivity contribution in [1.82, 2.24) is 0 Å². The van der Waals surface area contributed by atoms with Crippen molar-refractivity contribution in [3.63, 3.8) is 0 Å². The lowest BCUT2D eigenvalue weighted by molar-refractivity contribution is 0.163. The maximum Gasteiger partial charge on any atom is 0.0514 e. The van der Waals surface area contributed by atoms with Gasteiger partial charge in [0, 0.05) is 0 Å². The average Bonchev–Trinajstić information content (AvgIpc) is 1.65. The zero-order valence-corrected chi connectivity index (χ0v) is 6.02. The zero-order chi connectivity index (χ0) is 6.57. The minimum absolute atomic E-state index is 0.120. The van der Waals surface area contributed by atoms with Gasteiger partial charge in [-0.05, 0) is 19.3 Å². The third kappa shape index (κ3) is 4.13. The van der Waals surface area contributed by atoms with Crippen LogP contribution in [0, 0.1) is 5.92 Å². The summed E-state index contributed by atoms with van der Waals surface area (Å²) in [5.41, 5.74) is 0. The Morgan fingerprint density at radius 3 is 2.00 bits per heavy atom. The van der Waals surface area contributed by atoms with Crippen LogP contribution in [-0.2, 0) is 0 Å². The summed E-state index contributed by atoms with van der Waals surface area (Å²) in [4.78, 5) is 0. The molecule has 0 saturated heterocycles. The smallest absolute Gasteiger partial charge is 0.0514 e. The predicted molar refractivity (Wildman–Crippen MR) is 35.8 cm³/mol. The zero-order valence-electron chi connectivity index (χ0n) is 6.02. The molecule has 0 bridgehead atoms. The summed E-state index contributed by atoms with van der Waals surface area (Å²) in [5, 5.41) is 8.85. The topological polar surface area (TPSA) is 20.2 Å². The SMILES string of the molecule is CC[C@@H](C)C[C@H](C)O. The predicted octanol–water partition coefficient (Wildman–Crippen LogP) is 1.80. The molecule has 0 aliphatic carbocycles. The second kappa shape index (κ2) is 3.90. The van der Waals surface area contributed by atoms with Crippen molar-refractivity contribution in [2.45, 2.75) is 39.7 Å². The van der Waals surface area contributed by atoms with Crippen molar-refractivity contribution < 1.29 is 5.11 Å². The highest BCUT2D eigenvalue weighted by atomic mass is 16.3. The molecular formula is C7H16O. The van der Waals surface area contributed by atoms with E-state index in [0.29, 0.717) is 5.92 Å². The molecule has 0 spiro atoms. The highest BCUT2D eigenvalue weighted by molar-refractivity contribution is 4.53. The van der Waals surface area contributed by atoms with Gasteiger partial charge in [0.2, 0.25) is 0 Å². The standard InChI is InChI=1S/C7H16O/c1-4-6(2)5-7(3)8/h6-8H,4-5H2,1-3H3/t6-,7+/m1/s1. The van der Waals surface area contributed by atoms with Crippen LogP contribution in [0.2, 0.25) is 0 Å². The molecule has 0 aromatic carbocycles. The van der Waals surface area contributed by atoms with Gasteiger partial charge < -0.3 is 5.11 Å². The van der Waals surface area contributed by atoms with Gasteiger partial charge in [0.1, 0.15) is 0 Å². The van der Waals surface area contributed by atoms with Crippen LogP contribution in [0.1, 0.15) is 33.6 Å². The number of rotatable bonds is 3. The summed E-state index contributed by atoms with van der Waals surface area (Å²) in [5.74, 6) is 0.676. The van der Waals surface area contributed by atoms with Gasteiger partial charge in [-0.25, -0.2) is 0 Å². The lowest BCUT2D eigenvalue weighted by Gasteiger charge is -2.08. The Balaban J connectivity index is 3.10. The summed E-state index contributed by atoms with van der Waals surface area (Å²) >= 11 is 0. The molecule has 1 heteroatoms. The lowest BCUT2D eigenvalue weighted by atomic mass is 10.0. The van der Waals surface area contributed by atoms with E-state index >= 15 is 0 Å². The molecule has 0 unspecified atom stereocenters. The second-order valence-electron chi connectivity index (χ2n) is 2.60. The van der Waals surface area contributed by atoms with Crippen LogP contribution in [-0.4, -0.2) is 11.2 Å². The van der Waals surface area contributed by atoms with Crippen molar-refractivity contribution in [1.29, 1.82) is 0 Å². The molecule has 1 N–H and O–H groups in total. The molecule has 0 heterocycles. The summed E-state index contributed by atoms with van der Waals surface area (Å²) < 4.78 is 0. The van der Waals surface area contributed by atoms with Gasteiger partial charge in [0.25, 0.3) is 0 Å². The van der Waals surface area contributed by atoms with E-state index in [1.807, 2.05) is 6.92 Å². The molecule has 2 atom stereocenters. The van der Waals surface area contributed by atoms with Crippen molar-refractivity contribution in [2.75, 3.05) is 0 Å². The monoisotopic (exact) mass is 116 g/mol. The highest BCUT2D eigenvalue weighted by Crippen LogP contribution is 2.08. The molecule has 0 fully saturated rings. The first-order valence-electron chi connectivity index (χ1n) is 3.34. The fraction of sp³-hybridized carbons (Fsp3) is 1.00. The van der Waals surface area contributed by atoms with Gasteiger partial charge in [0.05, 0.1) is 6.10 Å². The quantitative estimate of drug-likeness (QED) is 0.596. The van der Waals surface area contributed by atoms with Crippen LogP contribution in [0.5, 0.6) is 0 Å². The Morgan fingerprint density at radius 1 is 1.38 bits per heavy atom. The molecule has 1 nitrogen and oxygen atoms in total. The molecule has 50 valence electrons. The Hall–Kier alpha value is -0.0400. The van der Waals surface area contributed by atoms with Crippen LogP contribution in [0.15, 0.2) is 0 Å². The van der Waals surface area contributed by atoms with E-state index in [0.717, 1.165) is 6.42 Å². The maximum absolute atomic E-state index is 8.85. The van der Waals surface area contributed by atoms with E-state index in [9.17, 15) is 0 Å². The van der Waals surface area contributed by atoms with Crippen LogP contribution in [0.4, 0.5) is 0 Å². The Kier molecular flexibility index (Phi) is 3.88. The second-order valence-corrected chi connectivity index (χ2v) is 2.60. The Morgan fingerprint density at radius 2 is 1.88 bits per heavy atom. The first kappa shape index (κ1) is 7.96. The van der Waals surface area contributed by atoms with Crippen LogP contribution in [0.3, 0.4) is 0 Å². The van der Waals surface area contributed by atoms with Gasteiger partial charge in [0.15, 0.2) is 0 Å². The number of aliphatic hydroxyl groups excluding tert-OH is 1. The summed E-state index contributed by atoms with van der Waals surface area (Å²) in [6.45, 7) is 6.14. The Labute approximate surface area is 51.7 Å². The van der Waals surface area contributed by atoms with Crippen LogP contribution in [0.25, 0.3) is 0 Å². The average molecular weight is 116 g/mol. The normalized spacial score (nSPS) is 18.0. The Bertz CT molecular complexity index is 50.3. The summed E-state index contributed by atoms with van der Waals surface area (Å²) in [7, 11) is 0. The molecule has 0 saturated carbocycles. The fourth-order valence-corrected chi connectivity index (χ4v) is 0.749. The third-order valence-corrected chi connectivity index (χ3v) is 1.44. The molecule has 8 heavy (non-hydrogen) atoms. The molecule has 0 aromatic rings. The molecule has 0 aliphatic heterocycles. The number of hydrogen-bond acceptors (Lipinski definition) is 1. The summed E-state index contributed by atoms with van der Waals surface area (Å²) in [6.07, 6.45) is 1.99. The van der Waals surface area contributed by atoms with Crippen molar-refractivity contribution in [3.8, 4) is 0 Å². The van der Waals surface area contributed by atoms with E-state index in [1.165, 1.54) is 6.42 Å². The first-order chi connectivity index (χ1) is 3.66. The van der Waals surface area contributed by atoms with Crippen molar-refractivity contribution in [3.05, 3.63) is 0 Å². The maximum atomic E-state index is 8.85. The van der Waals surface area contributed by atoms with Gasteiger partial charge >= 0.3 is 0 Å². The van der Waals surface area contributed by atoms with E-state index in [-0.39, 0.29) is 6.10 Å². The van der Waals surface area contributed by atoms with Crippen molar-refractivity contribution in [2.24, 2.45) is 5.92 Å². The minimum Gasteiger partial charge on any atom is -0.393 e. The molecule has 0 amide bonds. The molecule has 0 radical (unpaired) electrons. The fourth-order valence-electron chi connectivity index (χ4n) is 0.749. The third-order valence-electron chi connectivity index (χ3n) is 1.44. The molecule has 0 rings (SSSR count). The van der Waals surface area contributed by atoms with Crippen LogP contribution < -0.4 is 0 Å². The van der Waals surface area contributed by atoms with Crippen LogP contribution >= 0.6 is 0 Å². The van der Waals surface area contributed by atoms with E-state index in [1.54, 1.807) is 0 Å². The van der Waals surface area contributed by atoms with Gasteiger partial charge in [-0.3, -0.25) is 0 Å². The van der Waals surface area contributed by atoms with Gasteiger partial charge in [-0.2, -0.15) is 0 Å². The molecular weight excluding hydrogens is 100 g/mol. The van der Waals surface area contributed by atoms with Crippen molar-refractivity contribution >= 4 is 0 Å². The van der Waals surface area contributed by atoms with E-state index < -0.39 is 0 Å².